The molecule has 0 unspecified atom stereocenters. The van der Waals surface area contributed by atoms with Gasteiger partial charge in [0.25, 0.3) is 11.5 Å². The highest BCUT2D eigenvalue weighted by Crippen LogP contribution is 2.26. The third kappa shape index (κ3) is 3.23. The van der Waals surface area contributed by atoms with E-state index in [1.54, 1.807) is 32.0 Å². The lowest BCUT2D eigenvalue weighted by Gasteiger charge is -2.08. The van der Waals surface area contributed by atoms with E-state index >= 15 is 0 Å². The van der Waals surface area contributed by atoms with E-state index in [-0.39, 0.29) is 12.1 Å². The molecule has 0 bridgehead atoms. The first-order valence-electron chi connectivity index (χ1n) is 7.96. The van der Waals surface area contributed by atoms with Crippen LogP contribution in [-0.2, 0) is 11.3 Å². The van der Waals surface area contributed by atoms with Gasteiger partial charge < -0.3 is 10.5 Å². The second-order valence-electron chi connectivity index (χ2n) is 5.70. The van der Waals surface area contributed by atoms with Gasteiger partial charge in [-0.25, -0.2) is 9.78 Å². The molecule has 8 heteroatoms. The van der Waals surface area contributed by atoms with Crippen molar-refractivity contribution >= 4 is 33.4 Å². The van der Waals surface area contributed by atoms with E-state index in [2.05, 4.69) is 4.98 Å². The van der Waals surface area contributed by atoms with E-state index in [0.29, 0.717) is 32.8 Å². The average Bonchev–Trinajstić information content (AvgIpc) is 2.95. The summed E-state index contributed by atoms with van der Waals surface area (Å²) >= 11 is 1.11. The number of hydrogen-bond acceptors (Lipinski definition) is 6. The minimum atomic E-state index is -0.571. The van der Waals surface area contributed by atoms with Crippen molar-refractivity contribution in [3.05, 3.63) is 62.5 Å². The number of aromatic nitrogens is 2. The molecule has 0 saturated carbocycles. The molecular weight excluding hydrogens is 354 g/mol. The summed E-state index contributed by atoms with van der Waals surface area (Å²) in [7, 11) is 0. The number of amides is 1. The zero-order chi connectivity index (χ0) is 18.8. The van der Waals surface area contributed by atoms with E-state index < -0.39 is 11.9 Å². The van der Waals surface area contributed by atoms with Crippen LogP contribution in [0.1, 0.15) is 38.1 Å². The monoisotopic (exact) mass is 371 g/mol. The number of nitrogens with two attached hydrogens (primary N) is 1. The number of benzene rings is 1. The summed E-state index contributed by atoms with van der Waals surface area (Å²) in [6, 6.07) is 6.89. The Morgan fingerprint density at radius 1 is 1.35 bits per heavy atom. The molecule has 0 aliphatic heterocycles. The third-order valence-electron chi connectivity index (χ3n) is 3.93. The number of aryl methyl sites for hydroxylation is 1. The van der Waals surface area contributed by atoms with Gasteiger partial charge in [0.1, 0.15) is 4.83 Å². The van der Waals surface area contributed by atoms with E-state index in [4.69, 9.17) is 10.5 Å². The molecule has 1 aromatic carbocycles. The molecule has 26 heavy (non-hydrogen) atoms. The number of primary amides is 1. The number of hydrogen-bond donors (Lipinski definition) is 1. The quantitative estimate of drug-likeness (QED) is 0.692. The minimum Gasteiger partial charge on any atom is -0.462 e. The van der Waals surface area contributed by atoms with E-state index in [0.717, 1.165) is 16.9 Å². The molecule has 3 rings (SSSR count). The standard InChI is InChI=1S/C18H17N3O4S/c1-3-25-18(24)12-6-4-5-11(7-12)8-21-9-20-16-13(17(21)23)10(2)14(26-16)15(19)22/h4-7,9H,3,8H2,1-2H3,(H2,19,22). The molecule has 0 radical (unpaired) electrons. The molecule has 2 aromatic heterocycles. The molecule has 0 aliphatic carbocycles. The van der Waals surface area contributed by atoms with E-state index in [9.17, 15) is 14.4 Å². The molecule has 0 saturated heterocycles. The summed E-state index contributed by atoms with van der Waals surface area (Å²) in [4.78, 5) is 41.2. The van der Waals surface area contributed by atoms with Crippen LogP contribution < -0.4 is 11.3 Å². The van der Waals surface area contributed by atoms with Gasteiger partial charge in [-0.05, 0) is 37.1 Å². The van der Waals surface area contributed by atoms with Gasteiger partial charge in [-0.3, -0.25) is 14.2 Å². The number of ether oxygens (including phenoxy) is 1. The highest BCUT2D eigenvalue weighted by Gasteiger charge is 2.17. The number of carbonyl (C=O) groups excluding carboxylic acids is 2. The maximum absolute atomic E-state index is 12.8. The lowest BCUT2D eigenvalue weighted by atomic mass is 10.1. The number of esters is 1. The minimum absolute atomic E-state index is 0.246. The number of carbonyl (C=O) groups is 2. The van der Waals surface area contributed by atoms with Gasteiger partial charge in [-0.2, -0.15) is 0 Å². The fourth-order valence-electron chi connectivity index (χ4n) is 2.71. The molecule has 0 aliphatic rings. The molecule has 0 fully saturated rings. The lowest BCUT2D eigenvalue weighted by Crippen LogP contribution is -2.21. The van der Waals surface area contributed by atoms with Gasteiger partial charge in [0.15, 0.2) is 0 Å². The Balaban J connectivity index is 2.00. The molecule has 2 N–H and O–H groups in total. The molecule has 134 valence electrons. The van der Waals surface area contributed by atoms with Crippen molar-refractivity contribution in [2.24, 2.45) is 5.73 Å². The van der Waals surface area contributed by atoms with Crippen molar-refractivity contribution in [1.82, 2.24) is 9.55 Å². The topological polar surface area (TPSA) is 104 Å². The van der Waals surface area contributed by atoms with Crippen LogP contribution in [0.4, 0.5) is 0 Å². The van der Waals surface area contributed by atoms with Gasteiger partial charge in [0.05, 0.1) is 35.3 Å². The smallest absolute Gasteiger partial charge is 0.338 e. The maximum Gasteiger partial charge on any atom is 0.338 e. The van der Waals surface area contributed by atoms with Crippen LogP contribution in [0.25, 0.3) is 10.2 Å². The van der Waals surface area contributed by atoms with Gasteiger partial charge in [-0.1, -0.05) is 12.1 Å². The maximum atomic E-state index is 12.8. The molecule has 0 atom stereocenters. The first kappa shape index (κ1) is 17.8. The Morgan fingerprint density at radius 2 is 2.12 bits per heavy atom. The highest BCUT2D eigenvalue weighted by atomic mass is 32.1. The summed E-state index contributed by atoms with van der Waals surface area (Å²) < 4.78 is 6.43. The zero-order valence-corrected chi connectivity index (χ0v) is 15.1. The first-order valence-corrected chi connectivity index (χ1v) is 8.78. The van der Waals surface area contributed by atoms with Crippen LogP contribution in [0.2, 0.25) is 0 Å². The van der Waals surface area contributed by atoms with Crippen LogP contribution in [0.3, 0.4) is 0 Å². The Labute approximate surface area is 153 Å². The number of fused-ring (bicyclic) bond motifs is 1. The fourth-order valence-corrected chi connectivity index (χ4v) is 3.71. The highest BCUT2D eigenvalue weighted by molar-refractivity contribution is 7.20. The van der Waals surface area contributed by atoms with E-state index in [1.807, 2.05) is 6.07 Å². The Morgan fingerprint density at radius 3 is 2.81 bits per heavy atom. The third-order valence-corrected chi connectivity index (χ3v) is 5.15. The molecule has 7 nitrogen and oxygen atoms in total. The second-order valence-corrected chi connectivity index (χ2v) is 6.70. The largest absolute Gasteiger partial charge is 0.462 e. The predicted molar refractivity (Wildman–Crippen MR) is 98.6 cm³/mol. The first-order chi connectivity index (χ1) is 12.4. The number of rotatable bonds is 5. The molecular formula is C18H17N3O4S. The van der Waals surface area contributed by atoms with Crippen molar-refractivity contribution in [2.45, 2.75) is 20.4 Å². The van der Waals surface area contributed by atoms with Crippen LogP contribution in [0.15, 0.2) is 35.4 Å². The number of nitrogens with zero attached hydrogens (tertiary/aromatic N) is 2. The average molecular weight is 371 g/mol. The summed E-state index contributed by atoms with van der Waals surface area (Å²) in [5.41, 5.74) is 6.84. The van der Waals surface area contributed by atoms with Crippen LogP contribution in [-0.4, -0.2) is 28.0 Å². The fraction of sp³-hybridized carbons (Fsp3) is 0.222. The lowest BCUT2D eigenvalue weighted by molar-refractivity contribution is 0.0526. The molecule has 1 amide bonds. The Kier molecular flexibility index (Phi) is 4.85. The van der Waals surface area contributed by atoms with Crippen molar-refractivity contribution in [2.75, 3.05) is 6.61 Å². The van der Waals surface area contributed by atoms with Crippen LogP contribution in [0.5, 0.6) is 0 Å². The van der Waals surface area contributed by atoms with Crippen molar-refractivity contribution < 1.29 is 14.3 Å². The van der Waals surface area contributed by atoms with Gasteiger partial charge in [0, 0.05) is 0 Å². The molecule has 2 heterocycles. The SMILES string of the molecule is CCOC(=O)c1cccc(Cn2cnc3sc(C(N)=O)c(C)c3c2=O)c1. The Hall–Kier alpha value is -3.00. The second kappa shape index (κ2) is 7.09. The normalized spacial score (nSPS) is 10.8. The molecule has 3 aromatic rings. The van der Waals surface area contributed by atoms with E-state index in [1.165, 1.54) is 10.9 Å². The summed E-state index contributed by atoms with van der Waals surface area (Å²) in [6.45, 7) is 3.97. The van der Waals surface area contributed by atoms with Crippen molar-refractivity contribution in [3.63, 3.8) is 0 Å². The van der Waals surface area contributed by atoms with Gasteiger partial charge >= 0.3 is 5.97 Å². The summed E-state index contributed by atoms with van der Waals surface area (Å²) in [5.74, 6) is -0.978. The zero-order valence-electron chi connectivity index (χ0n) is 14.3. The predicted octanol–water partition coefficient (Wildman–Crippen LogP) is 2.09. The van der Waals surface area contributed by atoms with Gasteiger partial charge in [0.2, 0.25) is 0 Å². The van der Waals surface area contributed by atoms with Gasteiger partial charge in [-0.15, -0.1) is 11.3 Å². The van der Waals surface area contributed by atoms with Crippen LogP contribution >= 0.6 is 11.3 Å². The van der Waals surface area contributed by atoms with Crippen molar-refractivity contribution in [3.8, 4) is 0 Å². The van der Waals surface area contributed by atoms with Crippen molar-refractivity contribution in [1.29, 1.82) is 0 Å². The number of thiophene rings is 1. The Bertz CT molecular complexity index is 1070. The summed E-state index contributed by atoms with van der Waals surface area (Å²) in [5, 5.41) is 0.396. The van der Waals surface area contributed by atoms with Crippen LogP contribution in [0, 0.1) is 6.92 Å². The summed E-state index contributed by atoms with van der Waals surface area (Å²) in [6.07, 6.45) is 1.43. The molecule has 0 spiro atoms.